The first kappa shape index (κ1) is 20.3. The number of likely N-dealkylation sites (tertiary alicyclic amines) is 1. The van der Waals surface area contributed by atoms with Crippen molar-refractivity contribution >= 4 is 11.9 Å². The van der Waals surface area contributed by atoms with Crippen molar-refractivity contribution in [1.29, 1.82) is 0 Å². The number of amides is 1. The molecule has 0 saturated carbocycles. The number of piperidine rings is 1. The maximum atomic E-state index is 12.2. The summed E-state index contributed by atoms with van der Waals surface area (Å²) in [6.45, 7) is 7.37. The Balaban J connectivity index is 1.64. The Bertz CT molecular complexity index is 574. The van der Waals surface area contributed by atoms with Crippen LogP contribution in [0.25, 0.3) is 0 Å². The molecule has 2 N–H and O–H groups in total. The molecular formula is C21H34N4O. The number of aliphatic imine (C=N–C) groups is 1. The quantitative estimate of drug-likeness (QED) is 0.448. The molecule has 0 radical (unpaired) electrons. The van der Waals surface area contributed by atoms with Crippen LogP contribution in [0.5, 0.6) is 0 Å². The summed E-state index contributed by atoms with van der Waals surface area (Å²) < 4.78 is 0. The van der Waals surface area contributed by atoms with Crippen LogP contribution in [0.15, 0.2) is 29.3 Å². The Labute approximate surface area is 158 Å². The number of rotatable bonds is 7. The zero-order valence-electron chi connectivity index (χ0n) is 16.6. The van der Waals surface area contributed by atoms with Gasteiger partial charge in [0.1, 0.15) is 0 Å². The molecular weight excluding hydrogens is 324 g/mol. The van der Waals surface area contributed by atoms with Crippen LogP contribution >= 0.6 is 0 Å². The van der Waals surface area contributed by atoms with E-state index in [0.29, 0.717) is 18.4 Å². The molecule has 1 saturated heterocycles. The normalized spacial score (nSPS) is 15.2. The fraction of sp³-hybridized carbons (Fsp3) is 0.619. The predicted molar refractivity (Wildman–Crippen MR) is 109 cm³/mol. The van der Waals surface area contributed by atoms with Gasteiger partial charge in [-0.1, -0.05) is 38.1 Å². The van der Waals surface area contributed by atoms with Gasteiger partial charge in [-0.3, -0.25) is 9.79 Å². The zero-order chi connectivity index (χ0) is 18.8. The number of benzene rings is 1. The number of hydrogen-bond acceptors (Lipinski definition) is 2. The third-order valence-corrected chi connectivity index (χ3v) is 4.92. The lowest BCUT2D eigenvalue weighted by Crippen LogP contribution is -2.46. The van der Waals surface area contributed by atoms with E-state index in [9.17, 15) is 4.79 Å². The molecule has 1 fully saturated rings. The van der Waals surface area contributed by atoms with Crippen molar-refractivity contribution in [3.8, 4) is 0 Å². The van der Waals surface area contributed by atoms with Crippen LogP contribution in [0.3, 0.4) is 0 Å². The number of carbonyl (C=O) groups is 1. The molecule has 2 rings (SSSR count). The second-order valence-corrected chi connectivity index (χ2v) is 7.29. The number of nitrogens with zero attached hydrogens (tertiary/aromatic N) is 2. The molecule has 1 aliphatic rings. The van der Waals surface area contributed by atoms with Gasteiger partial charge in [0.05, 0.1) is 6.54 Å². The molecule has 1 aromatic rings. The Hall–Kier alpha value is -2.04. The minimum atomic E-state index is 0.165. The molecule has 1 amide bonds. The van der Waals surface area contributed by atoms with Gasteiger partial charge in [0.25, 0.3) is 0 Å². The van der Waals surface area contributed by atoms with E-state index in [0.717, 1.165) is 45.3 Å². The van der Waals surface area contributed by atoms with Gasteiger partial charge in [0.2, 0.25) is 5.91 Å². The fourth-order valence-electron chi connectivity index (χ4n) is 3.20. The minimum Gasteiger partial charge on any atom is -0.356 e. The molecule has 0 aromatic heterocycles. The highest BCUT2D eigenvalue weighted by molar-refractivity contribution is 5.86. The first-order valence-electron chi connectivity index (χ1n) is 9.91. The average molecular weight is 359 g/mol. The molecule has 5 nitrogen and oxygen atoms in total. The van der Waals surface area contributed by atoms with Crippen molar-refractivity contribution in [3.05, 3.63) is 35.4 Å². The number of nitrogens with one attached hydrogen (secondary N) is 2. The topological polar surface area (TPSA) is 56.7 Å². The van der Waals surface area contributed by atoms with Gasteiger partial charge in [0.15, 0.2) is 5.96 Å². The van der Waals surface area contributed by atoms with E-state index >= 15 is 0 Å². The third-order valence-electron chi connectivity index (χ3n) is 4.92. The molecule has 0 atom stereocenters. The van der Waals surface area contributed by atoms with Crippen LogP contribution in [-0.2, 0) is 11.2 Å². The molecule has 26 heavy (non-hydrogen) atoms. The summed E-state index contributed by atoms with van der Waals surface area (Å²) in [6.07, 6.45) is 5.55. The molecule has 144 valence electrons. The van der Waals surface area contributed by atoms with E-state index in [1.54, 1.807) is 7.05 Å². The lowest BCUT2D eigenvalue weighted by Gasteiger charge is -2.27. The molecule has 1 heterocycles. The van der Waals surface area contributed by atoms with E-state index in [4.69, 9.17) is 0 Å². The second kappa shape index (κ2) is 10.8. The maximum Gasteiger partial charge on any atom is 0.241 e. The number of hydrogen-bond donors (Lipinski definition) is 2. The summed E-state index contributed by atoms with van der Waals surface area (Å²) in [5.41, 5.74) is 2.74. The van der Waals surface area contributed by atoms with Crippen molar-refractivity contribution in [3.63, 3.8) is 0 Å². The number of guanidine groups is 1. The second-order valence-electron chi connectivity index (χ2n) is 7.29. The first-order chi connectivity index (χ1) is 12.6. The summed E-state index contributed by atoms with van der Waals surface area (Å²) in [4.78, 5) is 18.3. The van der Waals surface area contributed by atoms with Crippen molar-refractivity contribution in [1.82, 2.24) is 15.5 Å². The standard InChI is InChI=1S/C21H34N4O/c1-17(2)19-11-9-18(10-12-19)8-7-13-23-21(22-3)24-16-20(26)25-14-5-4-6-15-25/h9-12,17H,4-8,13-16H2,1-3H3,(H2,22,23,24). The van der Waals surface area contributed by atoms with Crippen molar-refractivity contribution in [2.75, 3.05) is 33.2 Å². The summed E-state index contributed by atoms with van der Waals surface area (Å²) in [6, 6.07) is 8.89. The van der Waals surface area contributed by atoms with E-state index in [-0.39, 0.29) is 5.91 Å². The molecule has 5 heteroatoms. The van der Waals surface area contributed by atoms with Gasteiger partial charge >= 0.3 is 0 Å². The maximum absolute atomic E-state index is 12.2. The molecule has 0 spiro atoms. The van der Waals surface area contributed by atoms with Crippen molar-refractivity contribution in [2.24, 2.45) is 4.99 Å². The molecule has 0 bridgehead atoms. The average Bonchev–Trinajstić information content (AvgIpc) is 2.68. The fourth-order valence-corrected chi connectivity index (χ4v) is 3.20. The molecule has 1 aromatic carbocycles. The van der Waals surface area contributed by atoms with Crippen LogP contribution < -0.4 is 10.6 Å². The molecule has 0 unspecified atom stereocenters. The lowest BCUT2D eigenvalue weighted by molar-refractivity contribution is -0.130. The van der Waals surface area contributed by atoms with Crippen molar-refractivity contribution < 1.29 is 4.79 Å². The summed E-state index contributed by atoms with van der Waals surface area (Å²) in [5, 5.41) is 6.43. The number of aryl methyl sites for hydroxylation is 1. The van der Waals surface area contributed by atoms with E-state index in [2.05, 4.69) is 53.7 Å². The van der Waals surface area contributed by atoms with Gasteiger partial charge < -0.3 is 15.5 Å². The lowest BCUT2D eigenvalue weighted by atomic mass is 10.0. The SMILES string of the molecule is CN=C(NCCCc1ccc(C(C)C)cc1)NCC(=O)N1CCCCC1. The number of carbonyl (C=O) groups excluding carboxylic acids is 1. The Morgan fingerprint density at radius 3 is 2.42 bits per heavy atom. The van der Waals surface area contributed by atoms with Crippen molar-refractivity contribution in [2.45, 2.75) is 51.9 Å². The van der Waals surface area contributed by atoms with Crippen LogP contribution in [0, 0.1) is 0 Å². The van der Waals surface area contributed by atoms with Gasteiger partial charge in [0, 0.05) is 26.7 Å². The third kappa shape index (κ3) is 6.70. The zero-order valence-corrected chi connectivity index (χ0v) is 16.6. The smallest absolute Gasteiger partial charge is 0.241 e. The predicted octanol–water partition coefficient (Wildman–Crippen LogP) is 2.92. The summed E-state index contributed by atoms with van der Waals surface area (Å²) in [7, 11) is 1.74. The highest BCUT2D eigenvalue weighted by Crippen LogP contribution is 2.15. The van der Waals surface area contributed by atoms with E-state index in [1.807, 2.05) is 4.90 Å². The first-order valence-corrected chi connectivity index (χ1v) is 9.91. The molecule has 0 aliphatic carbocycles. The van der Waals surface area contributed by atoms with Crippen LogP contribution in [0.4, 0.5) is 0 Å². The van der Waals surface area contributed by atoms with Gasteiger partial charge in [-0.05, 0) is 49.1 Å². The molecule has 1 aliphatic heterocycles. The summed E-state index contributed by atoms with van der Waals surface area (Å²) >= 11 is 0. The monoisotopic (exact) mass is 358 g/mol. The van der Waals surface area contributed by atoms with Gasteiger partial charge in [-0.25, -0.2) is 0 Å². The van der Waals surface area contributed by atoms with Gasteiger partial charge in [-0.15, -0.1) is 0 Å². The van der Waals surface area contributed by atoms with Crippen LogP contribution in [0.1, 0.15) is 56.6 Å². The summed E-state index contributed by atoms with van der Waals surface area (Å²) in [5.74, 6) is 1.44. The largest absolute Gasteiger partial charge is 0.356 e. The van der Waals surface area contributed by atoms with Gasteiger partial charge in [-0.2, -0.15) is 0 Å². The Morgan fingerprint density at radius 1 is 1.12 bits per heavy atom. The Morgan fingerprint density at radius 2 is 1.81 bits per heavy atom. The van der Waals surface area contributed by atoms with E-state index in [1.165, 1.54) is 17.5 Å². The van der Waals surface area contributed by atoms with Crippen LogP contribution in [0.2, 0.25) is 0 Å². The van der Waals surface area contributed by atoms with Crippen LogP contribution in [-0.4, -0.2) is 50.0 Å². The van der Waals surface area contributed by atoms with E-state index < -0.39 is 0 Å². The minimum absolute atomic E-state index is 0.165. The highest BCUT2D eigenvalue weighted by atomic mass is 16.2. The highest BCUT2D eigenvalue weighted by Gasteiger charge is 2.16. The Kier molecular flexibility index (Phi) is 8.45.